The van der Waals surface area contributed by atoms with Gasteiger partial charge in [0, 0.05) is 6.07 Å². The second-order valence-electron chi connectivity index (χ2n) is 3.93. The molecule has 1 saturated heterocycles. The molecule has 1 aromatic rings. The van der Waals surface area contributed by atoms with Crippen molar-refractivity contribution >= 4 is 11.6 Å². The molecule has 1 amide bonds. The Hall–Kier alpha value is -1.95. The van der Waals surface area contributed by atoms with E-state index in [0.717, 1.165) is 0 Å². The predicted octanol–water partition coefficient (Wildman–Crippen LogP) is 1.03. The number of nitrogens with zero attached hydrogens (tertiary/aromatic N) is 1. The minimum absolute atomic E-state index is 0.0401. The van der Waals surface area contributed by atoms with Crippen molar-refractivity contribution in [3.8, 4) is 0 Å². The van der Waals surface area contributed by atoms with E-state index in [9.17, 15) is 14.9 Å². The van der Waals surface area contributed by atoms with Crippen molar-refractivity contribution < 1.29 is 14.5 Å². The second kappa shape index (κ2) is 4.50. The van der Waals surface area contributed by atoms with E-state index in [2.05, 4.69) is 5.32 Å². The lowest BCUT2D eigenvalue weighted by Crippen LogP contribution is -2.48. The summed E-state index contributed by atoms with van der Waals surface area (Å²) < 4.78 is 4.93. The number of aryl methyl sites for hydroxylation is 1. The Labute approximate surface area is 97.7 Å². The first-order valence-electron chi connectivity index (χ1n) is 5.22. The van der Waals surface area contributed by atoms with Gasteiger partial charge in [0.05, 0.1) is 24.2 Å². The minimum atomic E-state index is -0.542. The average molecular weight is 236 g/mol. The summed E-state index contributed by atoms with van der Waals surface area (Å²) in [6, 6.07) is 4.54. The standard InChI is InChI=1S/C11H12N2O4/c1-7-3-2-4-9(13(15)16)10(7)11(14)12-8-5-17-6-8/h2-4,8H,5-6H2,1H3,(H,12,14). The highest BCUT2D eigenvalue weighted by Crippen LogP contribution is 2.22. The summed E-state index contributed by atoms with van der Waals surface area (Å²) in [4.78, 5) is 22.2. The summed E-state index contributed by atoms with van der Waals surface area (Å²) in [6.45, 7) is 2.61. The molecule has 1 aliphatic heterocycles. The van der Waals surface area contributed by atoms with Crippen LogP contribution in [0.5, 0.6) is 0 Å². The number of nitro groups is 1. The molecule has 17 heavy (non-hydrogen) atoms. The van der Waals surface area contributed by atoms with Gasteiger partial charge in [-0.25, -0.2) is 0 Å². The Morgan fingerprint density at radius 3 is 2.76 bits per heavy atom. The number of hydrogen-bond acceptors (Lipinski definition) is 4. The molecule has 2 rings (SSSR count). The summed E-state index contributed by atoms with van der Waals surface area (Å²) in [5.41, 5.74) is 0.559. The fourth-order valence-corrected chi connectivity index (χ4v) is 1.68. The van der Waals surface area contributed by atoms with Crippen molar-refractivity contribution in [2.75, 3.05) is 13.2 Å². The summed E-state index contributed by atoms with van der Waals surface area (Å²) in [5, 5.41) is 13.5. The first-order valence-corrected chi connectivity index (χ1v) is 5.22. The van der Waals surface area contributed by atoms with Gasteiger partial charge in [0.15, 0.2) is 0 Å². The number of carbonyl (C=O) groups excluding carboxylic acids is 1. The highest BCUT2D eigenvalue weighted by molar-refractivity contribution is 5.99. The summed E-state index contributed by atoms with van der Waals surface area (Å²) in [7, 11) is 0. The molecule has 0 unspecified atom stereocenters. The monoisotopic (exact) mass is 236 g/mol. The molecular formula is C11H12N2O4. The average Bonchev–Trinajstić information content (AvgIpc) is 2.22. The third-order valence-corrected chi connectivity index (χ3v) is 2.65. The molecule has 6 nitrogen and oxygen atoms in total. The van der Waals surface area contributed by atoms with E-state index >= 15 is 0 Å². The van der Waals surface area contributed by atoms with Crippen LogP contribution in [0.25, 0.3) is 0 Å². The lowest BCUT2D eigenvalue weighted by atomic mass is 10.1. The van der Waals surface area contributed by atoms with Crippen LogP contribution in [0.3, 0.4) is 0 Å². The number of ether oxygens (including phenoxy) is 1. The molecule has 1 N–H and O–H groups in total. The van der Waals surface area contributed by atoms with Crippen LogP contribution in [0.1, 0.15) is 15.9 Å². The molecule has 0 aromatic heterocycles. The Balaban J connectivity index is 2.28. The molecule has 0 radical (unpaired) electrons. The van der Waals surface area contributed by atoms with Gasteiger partial charge in [0.25, 0.3) is 11.6 Å². The van der Waals surface area contributed by atoms with Crippen LogP contribution in [0.2, 0.25) is 0 Å². The Morgan fingerprint density at radius 2 is 2.24 bits per heavy atom. The van der Waals surface area contributed by atoms with Gasteiger partial charge in [-0.15, -0.1) is 0 Å². The third kappa shape index (κ3) is 2.26. The van der Waals surface area contributed by atoms with E-state index in [1.165, 1.54) is 6.07 Å². The van der Waals surface area contributed by atoms with Gasteiger partial charge in [-0.05, 0) is 12.5 Å². The predicted molar refractivity (Wildman–Crippen MR) is 59.9 cm³/mol. The van der Waals surface area contributed by atoms with Gasteiger partial charge in [0.1, 0.15) is 5.56 Å². The molecule has 1 fully saturated rings. The zero-order chi connectivity index (χ0) is 12.4. The maximum absolute atomic E-state index is 11.9. The molecule has 0 spiro atoms. The summed E-state index contributed by atoms with van der Waals surface area (Å²) in [5.74, 6) is -0.414. The maximum atomic E-state index is 11.9. The smallest absolute Gasteiger partial charge is 0.282 e. The normalized spacial score (nSPS) is 15.1. The molecule has 0 atom stereocenters. The third-order valence-electron chi connectivity index (χ3n) is 2.65. The van der Waals surface area contributed by atoms with Crippen molar-refractivity contribution in [1.82, 2.24) is 5.32 Å². The number of nitro benzene ring substituents is 1. The van der Waals surface area contributed by atoms with Crippen LogP contribution in [0.4, 0.5) is 5.69 Å². The number of hydrogen-bond donors (Lipinski definition) is 1. The maximum Gasteiger partial charge on any atom is 0.282 e. The van der Waals surface area contributed by atoms with Crippen molar-refractivity contribution in [3.63, 3.8) is 0 Å². The molecule has 1 heterocycles. The van der Waals surface area contributed by atoms with Gasteiger partial charge in [0.2, 0.25) is 0 Å². The van der Waals surface area contributed by atoms with Crippen molar-refractivity contribution in [2.45, 2.75) is 13.0 Å². The fraction of sp³-hybridized carbons (Fsp3) is 0.364. The van der Waals surface area contributed by atoms with Crippen LogP contribution in [-0.2, 0) is 4.74 Å². The number of amides is 1. The number of rotatable bonds is 3. The second-order valence-corrected chi connectivity index (χ2v) is 3.93. The Bertz CT molecular complexity index is 469. The molecule has 0 saturated carbocycles. The molecule has 90 valence electrons. The minimum Gasteiger partial charge on any atom is -0.377 e. The quantitative estimate of drug-likeness (QED) is 0.627. The van der Waals surface area contributed by atoms with Crippen molar-refractivity contribution in [1.29, 1.82) is 0 Å². The number of benzene rings is 1. The van der Waals surface area contributed by atoms with Crippen LogP contribution >= 0.6 is 0 Å². The van der Waals surface area contributed by atoms with Gasteiger partial charge >= 0.3 is 0 Å². The van der Waals surface area contributed by atoms with Crippen LogP contribution in [0, 0.1) is 17.0 Å². The first-order chi connectivity index (χ1) is 8.09. The van der Waals surface area contributed by atoms with E-state index in [1.807, 2.05) is 0 Å². The fourth-order valence-electron chi connectivity index (χ4n) is 1.68. The Kier molecular flexibility index (Phi) is 3.06. The zero-order valence-electron chi connectivity index (χ0n) is 9.30. The van der Waals surface area contributed by atoms with Gasteiger partial charge in [-0.2, -0.15) is 0 Å². The largest absolute Gasteiger partial charge is 0.377 e. The van der Waals surface area contributed by atoms with Crippen LogP contribution in [0.15, 0.2) is 18.2 Å². The highest BCUT2D eigenvalue weighted by atomic mass is 16.6. The molecule has 1 aliphatic rings. The zero-order valence-corrected chi connectivity index (χ0v) is 9.30. The van der Waals surface area contributed by atoms with Gasteiger partial charge < -0.3 is 10.1 Å². The van der Waals surface area contributed by atoms with Gasteiger partial charge in [-0.3, -0.25) is 14.9 Å². The van der Waals surface area contributed by atoms with Crippen LogP contribution in [-0.4, -0.2) is 30.1 Å². The molecular weight excluding hydrogens is 224 g/mol. The first kappa shape index (κ1) is 11.5. The molecule has 0 bridgehead atoms. The van der Waals surface area contributed by atoms with Crippen molar-refractivity contribution in [3.05, 3.63) is 39.4 Å². The SMILES string of the molecule is Cc1cccc([N+](=O)[O-])c1C(=O)NC1COC1. The number of nitrogens with one attached hydrogen (secondary N) is 1. The van der Waals surface area contributed by atoms with E-state index < -0.39 is 10.8 Å². The Morgan fingerprint density at radius 1 is 1.53 bits per heavy atom. The lowest BCUT2D eigenvalue weighted by molar-refractivity contribution is -0.385. The summed E-state index contributed by atoms with van der Waals surface area (Å²) >= 11 is 0. The summed E-state index contributed by atoms with van der Waals surface area (Å²) in [6.07, 6.45) is 0. The molecule has 1 aromatic carbocycles. The van der Waals surface area contributed by atoms with E-state index in [4.69, 9.17) is 4.74 Å². The van der Waals surface area contributed by atoms with E-state index in [-0.39, 0.29) is 17.3 Å². The van der Waals surface area contributed by atoms with E-state index in [0.29, 0.717) is 18.8 Å². The van der Waals surface area contributed by atoms with Crippen LogP contribution < -0.4 is 5.32 Å². The van der Waals surface area contributed by atoms with Crippen molar-refractivity contribution in [2.24, 2.45) is 0 Å². The van der Waals surface area contributed by atoms with Gasteiger partial charge in [-0.1, -0.05) is 12.1 Å². The molecule has 0 aliphatic carbocycles. The topological polar surface area (TPSA) is 81.5 Å². The van der Waals surface area contributed by atoms with E-state index in [1.54, 1.807) is 19.1 Å². The lowest BCUT2D eigenvalue weighted by Gasteiger charge is -2.26. The highest BCUT2D eigenvalue weighted by Gasteiger charge is 2.26. The number of carbonyl (C=O) groups is 1. The molecule has 6 heteroatoms.